The fourth-order valence-corrected chi connectivity index (χ4v) is 2.21. The number of halogens is 1. The molecular formula is C18H21FN2O. The van der Waals surface area contributed by atoms with Crippen molar-refractivity contribution >= 4 is 11.6 Å². The van der Waals surface area contributed by atoms with Gasteiger partial charge in [0.1, 0.15) is 11.9 Å². The van der Waals surface area contributed by atoms with Gasteiger partial charge in [0.05, 0.1) is 0 Å². The lowest BCUT2D eigenvalue weighted by molar-refractivity contribution is -0.118. The second-order valence-electron chi connectivity index (χ2n) is 6.36. The first-order valence-electron chi connectivity index (χ1n) is 7.19. The van der Waals surface area contributed by atoms with Gasteiger partial charge in [0.15, 0.2) is 0 Å². The van der Waals surface area contributed by atoms with Crippen LogP contribution in [0.3, 0.4) is 0 Å². The fourth-order valence-electron chi connectivity index (χ4n) is 2.21. The Balaban J connectivity index is 2.21. The van der Waals surface area contributed by atoms with Crippen molar-refractivity contribution in [3.8, 4) is 0 Å². The van der Waals surface area contributed by atoms with Crippen molar-refractivity contribution < 1.29 is 9.18 Å². The summed E-state index contributed by atoms with van der Waals surface area (Å²) in [4.78, 5) is 11.7. The summed E-state index contributed by atoms with van der Waals surface area (Å²) in [5, 5.41) is 3.10. The number of carbonyl (C=O) groups excluding carboxylic acids is 1. The molecular weight excluding hydrogens is 279 g/mol. The number of rotatable bonds is 4. The molecule has 2 aromatic rings. The Morgan fingerprint density at radius 2 is 1.59 bits per heavy atom. The van der Waals surface area contributed by atoms with Gasteiger partial charge in [-0.3, -0.25) is 4.79 Å². The quantitative estimate of drug-likeness (QED) is 0.903. The predicted molar refractivity (Wildman–Crippen MR) is 87.1 cm³/mol. The fraction of sp³-hybridized carbons (Fsp3) is 0.278. The second kappa shape index (κ2) is 6.18. The van der Waals surface area contributed by atoms with Crippen molar-refractivity contribution in [3.05, 3.63) is 65.5 Å². The molecule has 0 bridgehead atoms. The van der Waals surface area contributed by atoms with Crippen LogP contribution in [0.5, 0.6) is 0 Å². The van der Waals surface area contributed by atoms with Crippen LogP contribution in [-0.4, -0.2) is 5.91 Å². The maximum absolute atomic E-state index is 13.0. The molecule has 0 radical (unpaired) electrons. The normalized spacial score (nSPS) is 12.7. The highest BCUT2D eigenvalue weighted by atomic mass is 19.1. The van der Waals surface area contributed by atoms with E-state index in [0.717, 1.165) is 5.69 Å². The van der Waals surface area contributed by atoms with E-state index >= 15 is 0 Å². The van der Waals surface area contributed by atoms with Crippen LogP contribution in [0, 0.1) is 5.82 Å². The number of benzene rings is 2. The van der Waals surface area contributed by atoms with Gasteiger partial charge < -0.3 is 11.1 Å². The highest BCUT2D eigenvalue weighted by molar-refractivity contribution is 5.84. The van der Waals surface area contributed by atoms with Crippen LogP contribution in [0.15, 0.2) is 48.5 Å². The number of hydrogen-bond acceptors (Lipinski definition) is 2. The first-order valence-corrected chi connectivity index (χ1v) is 7.19. The average molecular weight is 300 g/mol. The summed E-state index contributed by atoms with van der Waals surface area (Å²) >= 11 is 0. The third kappa shape index (κ3) is 3.85. The van der Waals surface area contributed by atoms with E-state index < -0.39 is 11.9 Å². The Morgan fingerprint density at radius 1 is 1.05 bits per heavy atom. The van der Waals surface area contributed by atoms with E-state index in [-0.39, 0.29) is 11.2 Å². The molecule has 0 spiro atoms. The van der Waals surface area contributed by atoms with Crippen molar-refractivity contribution in [2.24, 2.45) is 5.73 Å². The minimum atomic E-state index is -0.693. The van der Waals surface area contributed by atoms with Gasteiger partial charge in [0.25, 0.3) is 0 Å². The number of carbonyl (C=O) groups is 1. The summed E-state index contributed by atoms with van der Waals surface area (Å²) in [5.41, 5.74) is 8.16. The molecule has 4 heteroatoms. The van der Waals surface area contributed by atoms with Crippen LogP contribution >= 0.6 is 0 Å². The minimum absolute atomic E-state index is 0.0680. The number of nitrogens with one attached hydrogen (secondary N) is 1. The molecule has 2 aromatic carbocycles. The van der Waals surface area contributed by atoms with Crippen molar-refractivity contribution in [3.63, 3.8) is 0 Å². The largest absolute Gasteiger partial charge is 0.370 e. The van der Waals surface area contributed by atoms with Gasteiger partial charge in [0, 0.05) is 5.69 Å². The van der Waals surface area contributed by atoms with Gasteiger partial charge in [-0.15, -0.1) is 0 Å². The molecule has 1 atom stereocenters. The summed E-state index contributed by atoms with van der Waals surface area (Å²) in [6, 6.07) is 12.9. The van der Waals surface area contributed by atoms with Crippen molar-refractivity contribution in [1.29, 1.82) is 0 Å². The van der Waals surface area contributed by atoms with Crippen LogP contribution in [0.25, 0.3) is 0 Å². The Hall–Kier alpha value is -2.36. The SMILES string of the molecule is CC(C)(C)c1ccc(NC(C(N)=O)c2ccc(F)cc2)cc1. The topological polar surface area (TPSA) is 55.1 Å². The minimum Gasteiger partial charge on any atom is -0.370 e. The molecule has 0 saturated carbocycles. The van der Waals surface area contributed by atoms with Crippen LogP contribution in [0.1, 0.15) is 37.9 Å². The molecule has 0 aliphatic heterocycles. The average Bonchev–Trinajstić information content (AvgIpc) is 2.45. The van der Waals surface area contributed by atoms with Gasteiger partial charge in [0.2, 0.25) is 5.91 Å². The molecule has 3 nitrogen and oxygen atoms in total. The summed E-state index contributed by atoms with van der Waals surface area (Å²) in [7, 11) is 0. The Labute approximate surface area is 130 Å². The second-order valence-corrected chi connectivity index (χ2v) is 6.36. The molecule has 0 saturated heterocycles. The number of anilines is 1. The lowest BCUT2D eigenvalue weighted by Crippen LogP contribution is -2.27. The highest BCUT2D eigenvalue weighted by Gasteiger charge is 2.18. The van der Waals surface area contributed by atoms with E-state index in [2.05, 4.69) is 26.1 Å². The lowest BCUT2D eigenvalue weighted by atomic mass is 9.87. The summed E-state index contributed by atoms with van der Waals surface area (Å²) < 4.78 is 13.0. The molecule has 0 aromatic heterocycles. The number of primary amides is 1. The smallest absolute Gasteiger partial charge is 0.244 e. The summed E-state index contributed by atoms with van der Waals surface area (Å²) in [6.07, 6.45) is 0. The van der Waals surface area contributed by atoms with Gasteiger partial charge >= 0.3 is 0 Å². The van der Waals surface area contributed by atoms with E-state index in [4.69, 9.17) is 5.73 Å². The highest BCUT2D eigenvalue weighted by Crippen LogP contribution is 2.25. The van der Waals surface area contributed by atoms with Crippen LogP contribution in [-0.2, 0) is 10.2 Å². The Bertz CT molecular complexity index is 642. The van der Waals surface area contributed by atoms with E-state index in [9.17, 15) is 9.18 Å². The van der Waals surface area contributed by atoms with Crippen molar-refractivity contribution in [2.45, 2.75) is 32.2 Å². The van der Waals surface area contributed by atoms with Crippen LogP contribution in [0.2, 0.25) is 0 Å². The molecule has 3 N–H and O–H groups in total. The van der Waals surface area contributed by atoms with Gasteiger partial charge in [-0.05, 0) is 40.8 Å². The summed E-state index contributed by atoms with van der Waals surface area (Å²) in [5.74, 6) is -0.854. The van der Waals surface area contributed by atoms with Gasteiger partial charge in [-0.25, -0.2) is 4.39 Å². The van der Waals surface area contributed by atoms with Crippen molar-refractivity contribution in [2.75, 3.05) is 5.32 Å². The molecule has 0 aliphatic rings. The maximum atomic E-state index is 13.0. The molecule has 22 heavy (non-hydrogen) atoms. The molecule has 0 fully saturated rings. The number of hydrogen-bond donors (Lipinski definition) is 2. The molecule has 1 unspecified atom stereocenters. The summed E-state index contributed by atoms with van der Waals surface area (Å²) in [6.45, 7) is 6.42. The third-order valence-corrected chi connectivity index (χ3v) is 3.55. The molecule has 116 valence electrons. The zero-order chi connectivity index (χ0) is 16.3. The van der Waals surface area contributed by atoms with Crippen LogP contribution in [0.4, 0.5) is 10.1 Å². The van der Waals surface area contributed by atoms with Crippen molar-refractivity contribution in [1.82, 2.24) is 0 Å². The maximum Gasteiger partial charge on any atom is 0.244 e. The van der Waals surface area contributed by atoms with E-state index in [1.165, 1.54) is 17.7 Å². The van der Waals surface area contributed by atoms with Gasteiger partial charge in [-0.2, -0.15) is 0 Å². The number of nitrogens with two attached hydrogens (primary N) is 1. The number of amides is 1. The Kier molecular flexibility index (Phi) is 4.50. The van der Waals surface area contributed by atoms with Gasteiger partial charge in [-0.1, -0.05) is 45.0 Å². The van der Waals surface area contributed by atoms with Crippen LogP contribution < -0.4 is 11.1 Å². The Morgan fingerprint density at radius 3 is 2.05 bits per heavy atom. The molecule has 2 rings (SSSR count). The zero-order valence-electron chi connectivity index (χ0n) is 13.1. The molecule has 0 heterocycles. The third-order valence-electron chi connectivity index (χ3n) is 3.55. The predicted octanol–water partition coefficient (Wildman–Crippen LogP) is 3.76. The first-order chi connectivity index (χ1) is 10.3. The standard InChI is InChI=1S/C18H21FN2O/c1-18(2,3)13-6-10-15(11-7-13)21-16(17(20)22)12-4-8-14(19)9-5-12/h4-11,16,21H,1-3H3,(H2,20,22). The monoisotopic (exact) mass is 300 g/mol. The van der Waals surface area contributed by atoms with E-state index in [0.29, 0.717) is 5.56 Å². The lowest BCUT2D eigenvalue weighted by Gasteiger charge is -2.21. The molecule has 1 amide bonds. The van der Waals surface area contributed by atoms with E-state index in [1.807, 2.05) is 24.3 Å². The zero-order valence-corrected chi connectivity index (χ0v) is 13.1. The molecule has 0 aliphatic carbocycles. The first kappa shape index (κ1) is 16.0. The van der Waals surface area contributed by atoms with E-state index in [1.54, 1.807) is 12.1 Å².